The number of aryl methyl sites for hydroxylation is 1. The predicted octanol–water partition coefficient (Wildman–Crippen LogP) is 3.97. The van der Waals surface area contributed by atoms with Crippen LogP contribution in [0.25, 0.3) is 11.1 Å². The molecule has 3 rings (SSSR count). The lowest BCUT2D eigenvalue weighted by molar-refractivity contribution is 0.414. The molecule has 0 aliphatic rings. The number of methoxy groups -OCH3 is 1. The van der Waals surface area contributed by atoms with Gasteiger partial charge in [-0.2, -0.15) is 0 Å². The number of pyridine rings is 1. The summed E-state index contributed by atoms with van der Waals surface area (Å²) in [6.45, 7) is 2.46. The van der Waals surface area contributed by atoms with Crippen LogP contribution in [0.1, 0.15) is 11.3 Å². The number of H-pyrrole nitrogens is 1. The maximum Gasteiger partial charge on any atom is 0.272 e. The van der Waals surface area contributed by atoms with Crippen LogP contribution in [0.5, 0.6) is 5.75 Å². The van der Waals surface area contributed by atoms with Crippen molar-refractivity contribution in [3.05, 3.63) is 82.3 Å². The molecule has 24 heavy (non-hydrogen) atoms. The van der Waals surface area contributed by atoms with E-state index in [2.05, 4.69) is 10.3 Å². The zero-order valence-electron chi connectivity index (χ0n) is 13.8. The first-order valence-corrected chi connectivity index (χ1v) is 7.83. The van der Waals surface area contributed by atoms with E-state index in [1.54, 1.807) is 7.11 Å². The molecule has 3 aromatic rings. The molecular formula is C20H20N2O2. The Hall–Kier alpha value is -3.01. The normalized spacial score (nSPS) is 10.4. The molecule has 0 spiro atoms. The Kier molecular flexibility index (Phi) is 4.66. The second-order valence-electron chi connectivity index (χ2n) is 5.64. The highest BCUT2D eigenvalue weighted by molar-refractivity contribution is 5.77. The zero-order valence-corrected chi connectivity index (χ0v) is 13.8. The second kappa shape index (κ2) is 7.04. The molecule has 2 N–H and O–H groups in total. The number of rotatable bonds is 5. The van der Waals surface area contributed by atoms with Crippen molar-refractivity contribution in [2.24, 2.45) is 0 Å². The molecule has 1 heterocycles. The van der Waals surface area contributed by atoms with E-state index in [0.717, 1.165) is 28.1 Å². The van der Waals surface area contributed by atoms with Gasteiger partial charge < -0.3 is 15.0 Å². The first-order valence-electron chi connectivity index (χ1n) is 7.83. The number of aromatic amines is 1. The standard InChI is InChI=1S/C20H20N2O2/c1-14-12-18(16-6-4-3-5-7-16)19(20(23)22-14)21-13-15-8-10-17(24-2)11-9-15/h3-12,21H,13H2,1-2H3,(H,22,23). The SMILES string of the molecule is COc1ccc(CNc2c(-c3ccccc3)cc(C)[nH]c2=O)cc1. The van der Waals surface area contributed by atoms with Gasteiger partial charge in [0.05, 0.1) is 7.11 Å². The van der Waals surface area contributed by atoms with Crippen LogP contribution in [0.4, 0.5) is 5.69 Å². The van der Waals surface area contributed by atoms with E-state index in [0.29, 0.717) is 12.2 Å². The smallest absolute Gasteiger partial charge is 0.272 e. The molecule has 0 bridgehead atoms. The molecule has 122 valence electrons. The van der Waals surface area contributed by atoms with Crippen molar-refractivity contribution in [1.82, 2.24) is 4.98 Å². The molecule has 0 radical (unpaired) electrons. The molecular weight excluding hydrogens is 300 g/mol. The van der Waals surface area contributed by atoms with Gasteiger partial charge in [0.2, 0.25) is 0 Å². The molecule has 4 heteroatoms. The van der Waals surface area contributed by atoms with Gasteiger partial charge in [0.25, 0.3) is 5.56 Å². The highest BCUT2D eigenvalue weighted by Crippen LogP contribution is 2.26. The summed E-state index contributed by atoms with van der Waals surface area (Å²) >= 11 is 0. The average molecular weight is 320 g/mol. The summed E-state index contributed by atoms with van der Waals surface area (Å²) in [6, 6.07) is 19.7. The minimum atomic E-state index is -0.109. The molecule has 0 aliphatic carbocycles. The van der Waals surface area contributed by atoms with Crippen molar-refractivity contribution in [1.29, 1.82) is 0 Å². The Morgan fingerprint density at radius 3 is 2.42 bits per heavy atom. The fourth-order valence-electron chi connectivity index (χ4n) is 2.64. The highest BCUT2D eigenvalue weighted by atomic mass is 16.5. The highest BCUT2D eigenvalue weighted by Gasteiger charge is 2.10. The van der Waals surface area contributed by atoms with Crippen LogP contribution in [0.15, 0.2) is 65.5 Å². The molecule has 0 fully saturated rings. The third-order valence-electron chi connectivity index (χ3n) is 3.88. The minimum Gasteiger partial charge on any atom is -0.497 e. The molecule has 0 saturated heterocycles. The van der Waals surface area contributed by atoms with E-state index in [-0.39, 0.29) is 5.56 Å². The van der Waals surface area contributed by atoms with E-state index in [1.165, 1.54) is 0 Å². The Labute approximate surface area is 141 Å². The first-order chi connectivity index (χ1) is 11.7. The van der Waals surface area contributed by atoms with Crippen LogP contribution in [0.3, 0.4) is 0 Å². The number of aromatic nitrogens is 1. The van der Waals surface area contributed by atoms with Gasteiger partial charge >= 0.3 is 0 Å². The molecule has 1 aromatic heterocycles. The van der Waals surface area contributed by atoms with E-state index in [4.69, 9.17) is 4.74 Å². The van der Waals surface area contributed by atoms with Gasteiger partial charge in [0.1, 0.15) is 11.4 Å². The third-order valence-corrected chi connectivity index (χ3v) is 3.88. The summed E-state index contributed by atoms with van der Waals surface area (Å²) < 4.78 is 5.17. The van der Waals surface area contributed by atoms with Crippen LogP contribution in [0.2, 0.25) is 0 Å². The van der Waals surface area contributed by atoms with Gasteiger partial charge in [0.15, 0.2) is 0 Å². The Morgan fingerprint density at radius 1 is 1.04 bits per heavy atom. The lowest BCUT2D eigenvalue weighted by atomic mass is 10.0. The predicted molar refractivity (Wildman–Crippen MR) is 97.6 cm³/mol. The van der Waals surface area contributed by atoms with Gasteiger partial charge in [0, 0.05) is 17.8 Å². The first kappa shape index (κ1) is 15.9. The van der Waals surface area contributed by atoms with Gasteiger partial charge in [-0.05, 0) is 36.2 Å². The Bertz CT molecular complexity index is 868. The lowest BCUT2D eigenvalue weighted by Crippen LogP contribution is -2.16. The number of ether oxygens (including phenoxy) is 1. The molecule has 4 nitrogen and oxygen atoms in total. The topological polar surface area (TPSA) is 54.1 Å². The van der Waals surface area contributed by atoms with Crippen molar-refractivity contribution in [3.63, 3.8) is 0 Å². The summed E-state index contributed by atoms with van der Waals surface area (Å²) in [5.41, 5.74) is 4.32. The Balaban J connectivity index is 1.91. The van der Waals surface area contributed by atoms with E-state index < -0.39 is 0 Å². The number of hydrogen-bond acceptors (Lipinski definition) is 3. The van der Waals surface area contributed by atoms with Crippen molar-refractivity contribution >= 4 is 5.69 Å². The van der Waals surface area contributed by atoms with E-state index >= 15 is 0 Å². The number of anilines is 1. The number of hydrogen-bond donors (Lipinski definition) is 2. The number of benzene rings is 2. The fraction of sp³-hybridized carbons (Fsp3) is 0.150. The van der Waals surface area contributed by atoms with Gasteiger partial charge in [-0.25, -0.2) is 0 Å². The minimum absolute atomic E-state index is 0.109. The van der Waals surface area contributed by atoms with Crippen LogP contribution in [-0.2, 0) is 6.54 Å². The summed E-state index contributed by atoms with van der Waals surface area (Å²) in [5.74, 6) is 0.817. The Morgan fingerprint density at radius 2 is 1.75 bits per heavy atom. The summed E-state index contributed by atoms with van der Waals surface area (Å²) in [6.07, 6.45) is 0. The largest absolute Gasteiger partial charge is 0.497 e. The molecule has 2 aromatic carbocycles. The molecule has 0 amide bonds. The molecule has 0 saturated carbocycles. The third kappa shape index (κ3) is 3.49. The van der Waals surface area contributed by atoms with E-state index in [9.17, 15) is 4.79 Å². The maximum absolute atomic E-state index is 12.4. The molecule has 0 atom stereocenters. The second-order valence-corrected chi connectivity index (χ2v) is 5.64. The van der Waals surface area contributed by atoms with Crippen LogP contribution >= 0.6 is 0 Å². The van der Waals surface area contributed by atoms with Crippen LogP contribution in [-0.4, -0.2) is 12.1 Å². The van der Waals surface area contributed by atoms with Gasteiger partial charge in [-0.15, -0.1) is 0 Å². The molecule has 0 unspecified atom stereocenters. The maximum atomic E-state index is 12.4. The monoisotopic (exact) mass is 320 g/mol. The summed E-state index contributed by atoms with van der Waals surface area (Å²) in [5, 5.41) is 3.28. The van der Waals surface area contributed by atoms with Gasteiger partial charge in [-0.1, -0.05) is 42.5 Å². The van der Waals surface area contributed by atoms with Crippen molar-refractivity contribution in [3.8, 4) is 16.9 Å². The summed E-state index contributed by atoms with van der Waals surface area (Å²) in [7, 11) is 1.64. The van der Waals surface area contributed by atoms with Crippen molar-refractivity contribution in [2.45, 2.75) is 13.5 Å². The van der Waals surface area contributed by atoms with Crippen molar-refractivity contribution < 1.29 is 4.74 Å². The average Bonchev–Trinajstić information content (AvgIpc) is 2.61. The zero-order chi connectivity index (χ0) is 16.9. The number of nitrogens with one attached hydrogen (secondary N) is 2. The van der Waals surface area contributed by atoms with Crippen molar-refractivity contribution in [2.75, 3.05) is 12.4 Å². The summed E-state index contributed by atoms with van der Waals surface area (Å²) in [4.78, 5) is 15.3. The molecule has 0 aliphatic heterocycles. The lowest BCUT2D eigenvalue weighted by Gasteiger charge is -2.13. The van der Waals surface area contributed by atoms with Gasteiger partial charge in [-0.3, -0.25) is 4.79 Å². The van der Waals surface area contributed by atoms with Crippen LogP contribution in [0, 0.1) is 6.92 Å². The fourth-order valence-corrected chi connectivity index (χ4v) is 2.64. The van der Waals surface area contributed by atoms with E-state index in [1.807, 2.05) is 67.6 Å². The van der Waals surface area contributed by atoms with Crippen LogP contribution < -0.4 is 15.6 Å². The quantitative estimate of drug-likeness (QED) is 0.748.